The van der Waals surface area contributed by atoms with Gasteiger partial charge in [-0.05, 0) is 42.7 Å². The van der Waals surface area contributed by atoms with E-state index in [-0.39, 0.29) is 18.6 Å². The predicted molar refractivity (Wildman–Crippen MR) is 108 cm³/mol. The number of benzene rings is 2. The molecule has 0 saturated heterocycles. The summed E-state index contributed by atoms with van der Waals surface area (Å²) in [5, 5.41) is 2.79. The quantitative estimate of drug-likeness (QED) is 0.725. The van der Waals surface area contributed by atoms with Gasteiger partial charge in [0.05, 0.1) is 11.1 Å². The average molecular weight is 395 g/mol. The second-order valence-electron chi connectivity index (χ2n) is 7.21. The lowest BCUT2D eigenvalue weighted by Crippen LogP contribution is -2.35. The molecule has 152 valence electrons. The van der Waals surface area contributed by atoms with Crippen LogP contribution in [0.1, 0.15) is 64.6 Å². The third-order valence-corrected chi connectivity index (χ3v) is 4.85. The molecule has 6 nitrogen and oxygen atoms in total. The summed E-state index contributed by atoms with van der Waals surface area (Å²) in [6.07, 6.45) is 1.90. The summed E-state index contributed by atoms with van der Waals surface area (Å²) in [5.41, 5.74) is 2.38. The molecule has 0 unspecified atom stereocenters. The maximum absolute atomic E-state index is 12.4. The number of cyclic esters (lactones) is 1. The maximum Gasteiger partial charge on any atom is 0.339 e. The zero-order valence-corrected chi connectivity index (χ0v) is 16.6. The lowest BCUT2D eigenvalue weighted by atomic mass is 9.93. The van der Waals surface area contributed by atoms with E-state index in [1.165, 1.54) is 6.07 Å². The summed E-state index contributed by atoms with van der Waals surface area (Å²) >= 11 is 0. The highest BCUT2D eigenvalue weighted by Crippen LogP contribution is 2.31. The highest BCUT2D eigenvalue weighted by molar-refractivity contribution is 5.96. The van der Waals surface area contributed by atoms with Crippen molar-refractivity contribution in [1.29, 1.82) is 0 Å². The van der Waals surface area contributed by atoms with Crippen LogP contribution in [0.25, 0.3) is 0 Å². The van der Waals surface area contributed by atoms with Crippen LogP contribution in [0.4, 0.5) is 0 Å². The molecular weight excluding hydrogens is 370 g/mol. The van der Waals surface area contributed by atoms with Crippen LogP contribution in [0.3, 0.4) is 0 Å². The molecule has 2 atom stereocenters. The molecule has 0 saturated carbocycles. The van der Waals surface area contributed by atoms with Gasteiger partial charge in [0.1, 0.15) is 6.10 Å². The average Bonchev–Trinajstić information content (AvgIpc) is 2.72. The van der Waals surface area contributed by atoms with E-state index >= 15 is 0 Å². The molecule has 0 radical (unpaired) electrons. The molecule has 6 heteroatoms. The van der Waals surface area contributed by atoms with Crippen molar-refractivity contribution in [1.82, 2.24) is 5.32 Å². The number of hydrogen-bond donors (Lipinski definition) is 1. The van der Waals surface area contributed by atoms with Crippen molar-refractivity contribution in [2.75, 3.05) is 6.61 Å². The molecule has 29 heavy (non-hydrogen) atoms. The number of fused-ring (bicyclic) bond motifs is 1. The normalized spacial score (nSPS) is 16.3. The van der Waals surface area contributed by atoms with E-state index in [1.807, 2.05) is 44.2 Å². The van der Waals surface area contributed by atoms with E-state index in [0.29, 0.717) is 17.5 Å². The Kier molecular flexibility index (Phi) is 6.65. The van der Waals surface area contributed by atoms with Crippen molar-refractivity contribution in [2.24, 2.45) is 0 Å². The van der Waals surface area contributed by atoms with E-state index in [0.717, 1.165) is 24.0 Å². The Hall–Kier alpha value is -3.15. The van der Waals surface area contributed by atoms with Crippen LogP contribution in [0.2, 0.25) is 0 Å². The Morgan fingerprint density at radius 3 is 2.69 bits per heavy atom. The van der Waals surface area contributed by atoms with E-state index in [2.05, 4.69) is 5.32 Å². The Balaban J connectivity index is 1.66. The summed E-state index contributed by atoms with van der Waals surface area (Å²) in [4.78, 5) is 36.6. The van der Waals surface area contributed by atoms with E-state index in [4.69, 9.17) is 9.47 Å². The topological polar surface area (TPSA) is 81.7 Å². The van der Waals surface area contributed by atoms with Crippen LogP contribution in [-0.4, -0.2) is 30.5 Å². The third-order valence-electron chi connectivity index (χ3n) is 4.85. The van der Waals surface area contributed by atoms with Gasteiger partial charge in [-0.15, -0.1) is 0 Å². The first-order valence-corrected chi connectivity index (χ1v) is 9.83. The molecule has 0 fully saturated rings. The third kappa shape index (κ3) is 5.22. The Labute approximate surface area is 170 Å². The molecule has 3 rings (SSSR count). The number of carbonyl (C=O) groups is 3. The maximum atomic E-state index is 12.4. The fraction of sp³-hybridized carbons (Fsp3) is 0.348. The number of rotatable bonds is 7. The van der Waals surface area contributed by atoms with Gasteiger partial charge < -0.3 is 14.8 Å². The molecule has 1 amide bonds. The van der Waals surface area contributed by atoms with E-state index < -0.39 is 18.0 Å². The molecule has 0 aromatic heterocycles. The van der Waals surface area contributed by atoms with Gasteiger partial charge in [0, 0.05) is 12.5 Å². The fourth-order valence-corrected chi connectivity index (χ4v) is 3.41. The second-order valence-corrected chi connectivity index (χ2v) is 7.21. The molecule has 0 aliphatic carbocycles. The largest absolute Gasteiger partial charge is 0.454 e. The lowest BCUT2D eigenvalue weighted by Gasteiger charge is -2.25. The van der Waals surface area contributed by atoms with Crippen LogP contribution in [-0.2, 0) is 20.7 Å². The number of esters is 2. The SMILES string of the molecule is CCC[C@H](C)NC(=O)COC(=O)c1ccc2c(c1)C[C@H](c1ccccc1)OC2=O. The van der Waals surface area contributed by atoms with Crippen LogP contribution >= 0.6 is 0 Å². The Morgan fingerprint density at radius 1 is 1.21 bits per heavy atom. The van der Waals surface area contributed by atoms with Gasteiger partial charge in [0.15, 0.2) is 6.61 Å². The number of carbonyl (C=O) groups excluding carboxylic acids is 3. The number of ether oxygens (including phenoxy) is 2. The molecule has 0 bridgehead atoms. The number of hydrogen-bond acceptors (Lipinski definition) is 5. The minimum Gasteiger partial charge on any atom is -0.454 e. The Morgan fingerprint density at radius 2 is 1.97 bits per heavy atom. The zero-order chi connectivity index (χ0) is 20.8. The van der Waals surface area contributed by atoms with Crippen molar-refractivity contribution in [3.8, 4) is 0 Å². The van der Waals surface area contributed by atoms with E-state index in [1.54, 1.807) is 12.1 Å². The minimum absolute atomic E-state index is 0.0379. The van der Waals surface area contributed by atoms with Gasteiger partial charge in [-0.1, -0.05) is 43.7 Å². The molecule has 1 N–H and O–H groups in total. The van der Waals surface area contributed by atoms with Crippen LogP contribution in [0.5, 0.6) is 0 Å². The van der Waals surface area contributed by atoms with Crippen LogP contribution in [0, 0.1) is 0 Å². The Bertz CT molecular complexity index is 893. The monoisotopic (exact) mass is 395 g/mol. The van der Waals surface area contributed by atoms with Crippen molar-refractivity contribution in [2.45, 2.75) is 45.3 Å². The van der Waals surface area contributed by atoms with E-state index in [9.17, 15) is 14.4 Å². The molecule has 1 heterocycles. The first-order chi connectivity index (χ1) is 14.0. The summed E-state index contributed by atoms with van der Waals surface area (Å²) in [6.45, 7) is 3.62. The summed E-state index contributed by atoms with van der Waals surface area (Å²) in [6, 6.07) is 14.2. The minimum atomic E-state index is -0.596. The first-order valence-electron chi connectivity index (χ1n) is 9.83. The molecule has 1 aliphatic heterocycles. The second kappa shape index (κ2) is 9.37. The standard InChI is InChI=1S/C23H25NO5/c1-3-7-15(2)24-21(25)14-28-22(26)17-10-11-19-18(12-17)13-20(29-23(19)27)16-8-5-4-6-9-16/h4-6,8-12,15,20H,3,7,13-14H2,1-2H3,(H,24,25)/t15-,20+/m0/s1. The zero-order valence-electron chi connectivity index (χ0n) is 16.6. The molecule has 2 aromatic carbocycles. The van der Waals surface area contributed by atoms with Gasteiger partial charge in [-0.2, -0.15) is 0 Å². The summed E-state index contributed by atoms with van der Waals surface area (Å²) in [7, 11) is 0. The molecular formula is C23H25NO5. The van der Waals surface area contributed by atoms with Crippen molar-refractivity contribution < 1.29 is 23.9 Å². The van der Waals surface area contributed by atoms with Gasteiger partial charge in [-0.25, -0.2) is 9.59 Å². The van der Waals surface area contributed by atoms with Gasteiger partial charge in [-0.3, -0.25) is 4.79 Å². The van der Waals surface area contributed by atoms with Crippen LogP contribution in [0.15, 0.2) is 48.5 Å². The van der Waals surface area contributed by atoms with Gasteiger partial charge in [0.2, 0.25) is 0 Å². The summed E-state index contributed by atoms with van der Waals surface area (Å²) < 4.78 is 10.7. The molecule has 1 aliphatic rings. The van der Waals surface area contributed by atoms with Gasteiger partial charge >= 0.3 is 11.9 Å². The smallest absolute Gasteiger partial charge is 0.339 e. The highest BCUT2D eigenvalue weighted by Gasteiger charge is 2.28. The summed E-state index contributed by atoms with van der Waals surface area (Å²) in [5.74, 6) is -1.34. The first kappa shape index (κ1) is 20.6. The van der Waals surface area contributed by atoms with Crippen molar-refractivity contribution in [3.63, 3.8) is 0 Å². The fourth-order valence-electron chi connectivity index (χ4n) is 3.41. The highest BCUT2D eigenvalue weighted by atomic mass is 16.5. The molecule has 0 spiro atoms. The van der Waals surface area contributed by atoms with Crippen LogP contribution < -0.4 is 5.32 Å². The van der Waals surface area contributed by atoms with Gasteiger partial charge in [0.25, 0.3) is 5.91 Å². The predicted octanol–water partition coefficient (Wildman–Crippen LogP) is 3.60. The van der Waals surface area contributed by atoms with Crippen molar-refractivity contribution >= 4 is 17.8 Å². The lowest BCUT2D eigenvalue weighted by molar-refractivity contribution is -0.124. The molecule has 2 aromatic rings. The number of nitrogens with one attached hydrogen (secondary N) is 1. The van der Waals surface area contributed by atoms with Crippen molar-refractivity contribution in [3.05, 3.63) is 70.8 Å². The number of amides is 1.